The van der Waals surface area contributed by atoms with E-state index in [-0.39, 0.29) is 11.3 Å². The maximum atomic E-state index is 12.1. The van der Waals surface area contributed by atoms with Crippen LogP contribution in [0.4, 0.5) is 4.79 Å². The summed E-state index contributed by atoms with van der Waals surface area (Å²) in [5, 5.41) is 11.4. The summed E-state index contributed by atoms with van der Waals surface area (Å²) in [6.07, 6.45) is 0.211. The zero-order valence-corrected chi connectivity index (χ0v) is 14.6. The van der Waals surface area contributed by atoms with Crippen LogP contribution >= 0.6 is 11.8 Å². The van der Waals surface area contributed by atoms with Gasteiger partial charge in [-0.3, -0.25) is 4.79 Å². The number of ether oxygens (including phenoxy) is 1. The smallest absolute Gasteiger partial charge is 0.407 e. The number of carboxylic acid groups (broad SMARTS) is 1. The number of carbonyl (C=O) groups is 2. The van der Waals surface area contributed by atoms with Crippen LogP contribution in [0, 0.1) is 0 Å². The molecule has 0 radical (unpaired) electrons. The number of thioether (sulfide) groups is 1. The second kappa shape index (κ2) is 6.83. The molecule has 1 aromatic carbocycles. The molecule has 1 aliphatic rings. The molecule has 2 N–H and O–H groups in total. The summed E-state index contributed by atoms with van der Waals surface area (Å²) in [5.74, 6) is -0.851. The van der Waals surface area contributed by atoms with Gasteiger partial charge in [-0.05, 0) is 45.2 Å². The number of carboxylic acids is 1. The van der Waals surface area contributed by atoms with Crippen LogP contribution in [0.25, 0.3) is 0 Å². The molecule has 0 aromatic heterocycles. The van der Waals surface area contributed by atoms with Crippen LogP contribution in [0.5, 0.6) is 0 Å². The molecular weight excluding hydrogens is 314 g/mol. The van der Waals surface area contributed by atoms with Crippen LogP contribution < -0.4 is 5.32 Å². The van der Waals surface area contributed by atoms with Crippen LogP contribution in [-0.2, 0) is 16.0 Å². The highest BCUT2D eigenvalue weighted by Crippen LogP contribution is 2.43. The third kappa shape index (κ3) is 4.64. The van der Waals surface area contributed by atoms with Crippen molar-refractivity contribution in [2.24, 2.45) is 0 Å². The molecule has 0 bridgehead atoms. The van der Waals surface area contributed by atoms with Gasteiger partial charge in [0, 0.05) is 0 Å². The average Bonchev–Trinajstić information content (AvgIpc) is 2.74. The first-order valence-electron chi connectivity index (χ1n) is 7.63. The summed E-state index contributed by atoms with van der Waals surface area (Å²) in [5.41, 5.74) is 1.67. The molecular formula is C17H23NO4S. The maximum absolute atomic E-state index is 12.1. The first-order valence-corrected chi connectivity index (χ1v) is 8.57. The predicted octanol–water partition coefficient (Wildman–Crippen LogP) is 3.38. The number of hydrogen-bond donors (Lipinski definition) is 2. The Kier molecular flexibility index (Phi) is 5.24. The molecule has 3 atom stereocenters. The number of hydrogen-bond acceptors (Lipinski definition) is 4. The standard InChI is InChI=1S/C17H23NO4S/c1-10(15(19)20)23-14-12-8-6-5-7-11(12)9-13(14)18-16(21)22-17(2,3)4/h5-8,10,13-14H,9H2,1-4H3,(H,18,21)(H,19,20)/t10?,13-,14-/m1/s1. The van der Waals surface area contributed by atoms with E-state index in [1.165, 1.54) is 11.8 Å². The third-order valence-corrected chi connectivity index (χ3v) is 5.05. The highest BCUT2D eigenvalue weighted by molar-refractivity contribution is 8.00. The molecule has 0 fully saturated rings. The molecule has 126 valence electrons. The Morgan fingerprint density at radius 1 is 1.35 bits per heavy atom. The van der Waals surface area contributed by atoms with Gasteiger partial charge in [0.05, 0.1) is 11.3 Å². The van der Waals surface area contributed by atoms with Gasteiger partial charge in [-0.25, -0.2) is 4.79 Å². The van der Waals surface area contributed by atoms with Crippen molar-refractivity contribution >= 4 is 23.8 Å². The highest BCUT2D eigenvalue weighted by atomic mass is 32.2. The van der Waals surface area contributed by atoms with Gasteiger partial charge in [0.2, 0.25) is 0 Å². The van der Waals surface area contributed by atoms with Gasteiger partial charge in [-0.1, -0.05) is 24.3 Å². The fourth-order valence-electron chi connectivity index (χ4n) is 2.59. The molecule has 1 amide bonds. The lowest BCUT2D eigenvalue weighted by atomic mass is 10.1. The topological polar surface area (TPSA) is 75.6 Å². The van der Waals surface area contributed by atoms with Crippen molar-refractivity contribution in [2.45, 2.75) is 56.3 Å². The average molecular weight is 337 g/mol. The molecule has 0 spiro atoms. The minimum atomic E-state index is -0.851. The molecule has 1 aromatic rings. The summed E-state index contributed by atoms with van der Waals surface area (Å²) in [6, 6.07) is 7.74. The summed E-state index contributed by atoms with van der Waals surface area (Å²) in [6.45, 7) is 7.11. The number of benzene rings is 1. The van der Waals surface area contributed by atoms with E-state index < -0.39 is 22.9 Å². The van der Waals surface area contributed by atoms with Crippen molar-refractivity contribution < 1.29 is 19.4 Å². The van der Waals surface area contributed by atoms with E-state index in [1.807, 2.05) is 45.0 Å². The Hall–Kier alpha value is -1.69. The number of rotatable bonds is 4. The van der Waals surface area contributed by atoms with Crippen molar-refractivity contribution in [3.05, 3.63) is 35.4 Å². The number of carbonyl (C=O) groups excluding carboxylic acids is 1. The van der Waals surface area contributed by atoms with Crippen LogP contribution in [0.15, 0.2) is 24.3 Å². The Bertz CT molecular complexity index is 597. The van der Waals surface area contributed by atoms with Crippen molar-refractivity contribution in [3.63, 3.8) is 0 Å². The molecule has 5 nitrogen and oxygen atoms in total. The molecule has 1 unspecified atom stereocenters. The van der Waals surface area contributed by atoms with Gasteiger partial charge in [0.1, 0.15) is 10.9 Å². The van der Waals surface area contributed by atoms with E-state index in [4.69, 9.17) is 4.74 Å². The monoisotopic (exact) mass is 337 g/mol. The number of amides is 1. The van der Waals surface area contributed by atoms with Crippen molar-refractivity contribution in [1.82, 2.24) is 5.32 Å². The van der Waals surface area contributed by atoms with E-state index >= 15 is 0 Å². The molecule has 2 rings (SSSR count). The number of fused-ring (bicyclic) bond motifs is 1. The summed E-state index contributed by atoms with van der Waals surface area (Å²) in [4.78, 5) is 23.3. The molecule has 0 saturated carbocycles. The molecule has 1 aliphatic carbocycles. The Labute approximate surface area is 140 Å². The minimum Gasteiger partial charge on any atom is -0.480 e. The Morgan fingerprint density at radius 3 is 2.61 bits per heavy atom. The van der Waals surface area contributed by atoms with Crippen LogP contribution in [-0.4, -0.2) is 34.1 Å². The number of aliphatic carboxylic acids is 1. The van der Waals surface area contributed by atoms with Crippen LogP contribution in [0.1, 0.15) is 44.1 Å². The van der Waals surface area contributed by atoms with E-state index in [1.54, 1.807) is 6.92 Å². The molecule has 0 aliphatic heterocycles. The fourth-order valence-corrected chi connectivity index (χ4v) is 3.88. The van der Waals surface area contributed by atoms with Crippen molar-refractivity contribution in [2.75, 3.05) is 0 Å². The summed E-state index contributed by atoms with van der Waals surface area (Å²) < 4.78 is 5.32. The zero-order valence-electron chi connectivity index (χ0n) is 13.8. The largest absolute Gasteiger partial charge is 0.480 e. The summed E-state index contributed by atoms with van der Waals surface area (Å²) >= 11 is 1.36. The van der Waals surface area contributed by atoms with Gasteiger partial charge in [0.15, 0.2) is 0 Å². The highest BCUT2D eigenvalue weighted by Gasteiger charge is 2.36. The van der Waals surface area contributed by atoms with Gasteiger partial charge >= 0.3 is 12.1 Å². The number of alkyl carbamates (subject to hydrolysis) is 1. The van der Waals surface area contributed by atoms with Gasteiger partial charge in [-0.2, -0.15) is 0 Å². The number of nitrogens with one attached hydrogen (secondary N) is 1. The molecule has 0 saturated heterocycles. The lowest BCUT2D eigenvalue weighted by Gasteiger charge is -2.25. The van der Waals surface area contributed by atoms with E-state index in [0.717, 1.165) is 11.1 Å². The normalized spacial score (nSPS) is 21.4. The van der Waals surface area contributed by atoms with E-state index in [2.05, 4.69) is 5.32 Å². The summed E-state index contributed by atoms with van der Waals surface area (Å²) in [7, 11) is 0. The van der Waals surface area contributed by atoms with E-state index in [9.17, 15) is 14.7 Å². The van der Waals surface area contributed by atoms with Gasteiger partial charge < -0.3 is 15.2 Å². The first-order chi connectivity index (χ1) is 10.7. The lowest BCUT2D eigenvalue weighted by Crippen LogP contribution is -2.41. The molecule has 0 heterocycles. The maximum Gasteiger partial charge on any atom is 0.407 e. The fraction of sp³-hybridized carbons (Fsp3) is 0.529. The second-order valence-electron chi connectivity index (χ2n) is 6.69. The predicted molar refractivity (Wildman–Crippen MR) is 90.7 cm³/mol. The van der Waals surface area contributed by atoms with Gasteiger partial charge in [0.25, 0.3) is 0 Å². The quantitative estimate of drug-likeness (QED) is 0.881. The van der Waals surface area contributed by atoms with Gasteiger partial charge in [-0.15, -0.1) is 11.8 Å². The SMILES string of the molecule is CC(S[C@@H]1c2ccccc2C[C@H]1NC(=O)OC(C)(C)C)C(=O)O. The minimum absolute atomic E-state index is 0.0928. The first kappa shape index (κ1) is 17.7. The molecule has 23 heavy (non-hydrogen) atoms. The Balaban J connectivity index is 2.15. The molecule has 6 heteroatoms. The second-order valence-corrected chi connectivity index (χ2v) is 8.18. The van der Waals surface area contributed by atoms with Crippen LogP contribution in [0.3, 0.4) is 0 Å². The van der Waals surface area contributed by atoms with Crippen LogP contribution in [0.2, 0.25) is 0 Å². The van der Waals surface area contributed by atoms with E-state index in [0.29, 0.717) is 6.42 Å². The zero-order chi connectivity index (χ0) is 17.2. The Morgan fingerprint density at radius 2 is 2.00 bits per heavy atom. The van der Waals surface area contributed by atoms with Crippen molar-refractivity contribution in [3.8, 4) is 0 Å². The van der Waals surface area contributed by atoms with Crippen molar-refractivity contribution in [1.29, 1.82) is 0 Å². The lowest BCUT2D eigenvalue weighted by molar-refractivity contribution is -0.136. The third-order valence-electron chi connectivity index (χ3n) is 3.57.